The van der Waals surface area contributed by atoms with Gasteiger partial charge in [0.15, 0.2) is 0 Å². The number of methoxy groups -OCH3 is 1. The summed E-state index contributed by atoms with van der Waals surface area (Å²) in [6, 6.07) is 9.24. The molecule has 0 spiro atoms. The summed E-state index contributed by atoms with van der Waals surface area (Å²) in [5.74, 6) is 0.660. The van der Waals surface area contributed by atoms with E-state index >= 15 is 0 Å². The van der Waals surface area contributed by atoms with Crippen LogP contribution in [0.1, 0.15) is 18.5 Å². The SMILES string of the molecule is COc1ccc(O)c(C(C)Nc2cccc(F)n2)c1. The number of nitrogens with zero attached hydrogens (tertiary/aromatic N) is 1. The number of hydrogen-bond acceptors (Lipinski definition) is 4. The quantitative estimate of drug-likeness (QED) is 0.831. The molecule has 0 amide bonds. The van der Waals surface area contributed by atoms with Gasteiger partial charge in [0, 0.05) is 5.56 Å². The van der Waals surface area contributed by atoms with Crippen LogP contribution in [-0.4, -0.2) is 17.2 Å². The van der Waals surface area contributed by atoms with Crippen molar-refractivity contribution in [3.8, 4) is 11.5 Å². The number of benzene rings is 1. The van der Waals surface area contributed by atoms with Crippen molar-refractivity contribution < 1.29 is 14.2 Å². The molecule has 2 rings (SSSR count). The molecular weight excluding hydrogens is 247 g/mol. The molecule has 0 fully saturated rings. The van der Waals surface area contributed by atoms with Crippen molar-refractivity contribution in [2.24, 2.45) is 0 Å². The highest BCUT2D eigenvalue weighted by atomic mass is 19.1. The number of rotatable bonds is 4. The third-order valence-corrected chi connectivity index (χ3v) is 2.78. The molecule has 1 unspecified atom stereocenters. The van der Waals surface area contributed by atoms with E-state index in [4.69, 9.17) is 4.74 Å². The van der Waals surface area contributed by atoms with E-state index in [2.05, 4.69) is 10.3 Å². The normalized spacial score (nSPS) is 11.9. The van der Waals surface area contributed by atoms with Gasteiger partial charge in [-0.3, -0.25) is 0 Å². The van der Waals surface area contributed by atoms with E-state index in [-0.39, 0.29) is 11.8 Å². The van der Waals surface area contributed by atoms with E-state index < -0.39 is 5.95 Å². The minimum atomic E-state index is -0.549. The Hall–Kier alpha value is -2.30. The molecule has 4 nitrogen and oxygen atoms in total. The van der Waals surface area contributed by atoms with Gasteiger partial charge in [0.1, 0.15) is 17.3 Å². The molecule has 2 aromatic rings. The second kappa shape index (κ2) is 5.56. The molecule has 0 radical (unpaired) electrons. The van der Waals surface area contributed by atoms with Crippen LogP contribution < -0.4 is 10.1 Å². The van der Waals surface area contributed by atoms with Crippen molar-refractivity contribution in [2.45, 2.75) is 13.0 Å². The van der Waals surface area contributed by atoms with Gasteiger partial charge in [-0.2, -0.15) is 4.39 Å². The highest BCUT2D eigenvalue weighted by Crippen LogP contribution is 2.30. The molecule has 2 N–H and O–H groups in total. The van der Waals surface area contributed by atoms with E-state index in [1.54, 1.807) is 37.4 Å². The zero-order valence-electron chi connectivity index (χ0n) is 10.7. The van der Waals surface area contributed by atoms with Crippen molar-refractivity contribution >= 4 is 5.82 Å². The molecule has 100 valence electrons. The fourth-order valence-electron chi connectivity index (χ4n) is 1.79. The Morgan fingerprint density at radius 2 is 2.11 bits per heavy atom. The van der Waals surface area contributed by atoms with Gasteiger partial charge in [0.05, 0.1) is 13.2 Å². The topological polar surface area (TPSA) is 54.4 Å². The summed E-state index contributed by atoms with van der Waals surface area (Å²) in [4.78, 5) is 3.72. The highest BCUT2D eigenvalue weighted by Gasteiger charge is 2.12. The Morgan fingerprint density at radius 3 is 2.79 bits per heavy atom. The first-order valence-electron chi connectivity index (χ1n) is 5.86. The summed E-state index contributed by atoms with van der Waals surface area (Å²) in [7, 11) is 1.56. The summed E-state index contributed by atoms with van der Waals surface area (Å²) in [6.45, 7) is 1.85. The van der Waals surface area contributed by atoms with Crippen molar-refractivity contribution in [3.05, 3.63) is 47.9 Å². The van der Waals surface area contributed by atoms with Crippen LogP contribution in [0.5, 0.6) is 11.5 Å². The van der Waals surface area contributed by atoms with E-state index in [0.717, 1.165) is 0 Å². The van der Waals surface area contributed by atoms with E-state index in [1.165, 1.54) is 6.07 Å². The number of anilines is 1. The summed E-state index contributed by atoms with van der Waals surface area (Å²) < 4.78 is 18.1. The van der Waals surface area contributed by atoms with Crippen molar-refractivity contribution in [1.29, 1.82) is 0 Å². The van der Waals surface area contributed by atoms with Crippen LogP contribution >= 0.6 is 0 Å². The van der Waals surface area contributed by atoms with Crippen LogP contribution in [0.15, 0.2) is 36.4 Å². The largest absolute Gasteiger partial charge is 0.508 e. The Bertz CT molecular complexity index is 575. The minimum Gasteiger partial charge on any atom is -0.508 e. The fourth-order valence-corrected chi connectivity index (χ4v) is 1.79. The minimum absolute atomic E-state index is 0.150. The molecule has 0 saturated heterocycles. The van der Waals surface area contributed by atoms with Gasteiger partial charge >= 0.3 is 0 Å². The summed E-state index contributed by atoms with van der Waals surface area (Å²) in [6.07, 6.45) is 0. The monoisotopic (exact) mass is 262 g/mol. The number of aromatic nitrogens is 1. The second-order valence-electron chi connectivity index (χ2n) is 4.14. The predicted octanol–water partition coefficient (Wildman–Crippen LogP) is 3.11. The molecule has 1 heterocycles. The number of pyridine rings is 1. The number of phenols is 1. The zero-order chi connectivity index (χ0) is 13.8. The van der Waals surface area contributed by atoms with Crippen molar-refractivity contribution in [1.82, 2.24) is 4.98 Å². The Kier molecular flexibility index (Phi) is 3.85. The number of phenolic OH excluding ortho intramolecular Hbond substituents is 1. The maximum Gasteiger partial charge on any atom is 0.214 e. The third kappa shape index (κ3) is 3.13. The van der Waals surface area contributed by atoms with E-state index in [0.29, 0.717) is 17.1 Å². The lowest BCUT2D eigenvalue weighted by Crippen LogP contribution is -2.08. The molecule has 0 aliphatic carbocycles. The third-order valence-electron chi connectivity index (χ3n) is 2.78. The fraction of sp³-hybridized carbons (Fsp3) is 0.214. The number of hydrogen-bond donors (Lipinski definition) is 2. The molecule has 1 aromatic carbocycles. The Labute approximate surface area is 110 Å². The maximum absolute atomic E-state index is 13.0. The lowest BCUT2D eigenvalue weighted by molar-refractivity contribution is 0.410. The first kappa shape index (κ1) is 13.1. The van der Waals surface area contributed by atoms with Gasteiger partial charge in [-0.05, 0) is 37.3 Å². The first-order chi connectivity index (χ1) is 9.10. The van der Waals surface area contributed by atoms with Crippen LogP contribution in [-0.2, 0) is 0 Å². The summed E-state index contributed by atoms with van der Waals surface area (Å²) in [5, 5.41) is 12.9. The zero-order valence-corrected chi connectivity index (χ0v) is 10.7. The lowest BCUT2D eigenvalue weighted by Gasteiger charge is -2.17. The molecule has 0 saturated carbocycles. The molecule has 0 aliphatic rings. The molecule has 5 heteroatoms. The molecule has 0 bridgehead atoms. The first-order valence-corrected chi connectivity index (χ1v) is 5.86. The van der Waals surface area contributed by atoms with Gasteiger partial charge in [-0.25, -0.2) is 4.98 Å². The second-order valence-corrected chi connectivity index (χ2v) is 4.14. The summed E-state index contributed by atoms with van der Waals surface area (Å²) >= 11 is 0. The van der Waals surface area contributed by atoms with Crippen LogP contribution in [0.2, 0.25) is 0 Å². The van der Waals surface area contributed by atoms with Crippen LogP contribution in [0.25, 0.3) is 0 Å². The predicted molar refractivity (Wildman–Crippen MR) is 70.9 cm³/mol. The van der Waals surface area contributed by atoms with Gasteiger partial charge in [-0.1, -0.05) is 6.07 Å². The van der Waals surface area contributed by atoms with Crippen LogP contribution in [0.3, 0.4) is 0 Å². The molecular formula is C14H15FN2O2. The molecule has 0 aliphatic heterocycles. The lowest BCUT2D eigenvalue weighted by atomic mass is 10.1. The smallest absolute Gasteiger partial charge is 0.214 e. The number of halogens is 1. The van der Waals surface area contributed by atoms with Gasteiger partial charge < -0.3 is 15.2 Å². The maximum atomic E-state index is 13.0. The summed E-state index contributed by atoms with van der Waals surface area (Å²) in [5.41, 5.74) is 0.658. The average molecular weight is 262 g/mol. The molecule has 1 atom stereocenters. The van der Waals surface area contributed by atoms with Gasteiger partial charge in [0.25, 0.3) is 0 Å². The number of ether oxygens (including phenoxy) is 1. The molecule has 19 heavy (non-hydrogen) atoms. The molecule has 1 aromatic heterocycles. The Balaban J connectivity index is 2.22. The number of aromatic hydroxyl groups is 1. The van der Waals surface area contributed by atoms with Gasteiger partial charge in [0.2, 0.25) is 5.95 Å². The van der Waals surface area contributed by atoms with Crippen LogP contribution in [0, 0.1) is 5.95 Å². The standard InChI is InChI=1S/C14H15FN2O2/c1-9(16-14-5-3-4-13(15)17-14)11-8-10(19-2)6-7-12(11)18/h3-9,18H,1-2H3,(H,16,17). The highest BCUT2D eigenvalue weighted by molar-refractivity contribution is 5.45. The Morgan fingerprint density at radius 1 is 1.32 bits per heavy atom. The van der Waals surface area contributed by atoms with Crippen LogP contribution in [0.4, 0.5) is 10.2 Å². The van der Waals surface area contributed by atoms with Gasteiger partial charge in [-0.15, -0.1) is 0 Å². The van der Waals surface area contributed by atoms with E-state index in [1.807, 2.05) is 6.92 Å². The van der Waals surface area contributed by atoms with Crippen molar-refractivity contribution in [2.75, 3.05) is 12.4 Å². The van der Waals surface area contributed by atoms with Crippen molar-refractivity contribution in [3.63, 3.8) is 0 Å². The van der Waals surface area contributed by atoms with E-state index in [9.17, 15) is 9.50 Å². The number of nitrogens with one attached hydrogen (secondary N) is 1. The average Bonchev–Trinajstić information content (AvgIpc) is 2.39.